The maximum atomic E-state index is 11.7. The van der Waals surface area contributed by atoms with Crippen LogP contribution in [0, 0.1) is 5.41 Å². The second kappa shape index (κ2) is 7.32. The molecular weight excluding hydrogens is 250 g/mol. The molecule has 1 N–H and O–H groups in total. The Morgan fingerprint density at radius 1 is 1.30 bits per heavy atom. The van der Waals surface area contributed by atoms with Crippen molar-refractivity contribution in [3.05, 3.63) is 29.8 Å². The van der Waals surface area contributed by atoms with Gasteiger partial charge in [0.2, 0.25) is 5.91 Å². The van der Waals surface area contributed by atoms with Crippen molar-refractivity contribution in [1.82, 2.24) is 5.32 Å². The molecule has 3 heteroatoms. The quantitative estimate of drug-likeness (QED) is 0.807. The lowest BCUT2D eigenvalue weighted by Gasteiger charge is -2.17. The molecule has 0 saturated heterocycles. The van der Waals surface area contributed by atoms with Gasteiger partial charge in [0.15, 0.2) is 0 Å². The number of rotatable bonds is 6. The van der Waals surface area contributed by atoms with Crippen LogP contribution < -0.4 is 10.1 Å². The zero-order valence-electron chi connectivity index (χ0n) is 13.3. The van der Waals surface area contributed by atoms with E-state index in [1.165, 1.54) is 5.56 Å². The number of hydrogen-bond donors (Lipinski definition) is 1. The standard InChI is InChI=1S/C17H27NO2/c1-13(2)20-15-10-6-8-14(12-15)9-7-11-18-16(19)17(3,4)5/h6,8,10,12-13H,7,9,11H2,1-5H3,(H,18,19). The summed E-state index contributed by atoms with van der Waals surface area (Å²) >= 11 is 0. The molecule has 0 bridgehead atoms. The van der Waals surface area contributed by atoms with Crippen LogP contribution in [0.4, 0.5) is 0 Å². The number of amides is 1. The lowest BCUT2D eigenvalue weighted by Crippen LogP contribution is -2.35. The highest BCUT2D eigenvalue weighted by Crippen LogP contribution is 2.16. The summed E-state index contributed by atoms with van der Waals surface area (Å²) in [6, 6.07) is 8.16. The van der Waals surface area contributed by atoms with E-state index < -0.39 is 0 Å². The first-order valence-electron chi connectivity index (χ1n) is 7.33. The summed E-state index contributed by atoms with van der Waals surface area (Å²) in [6.45, 7) is 10.5. The average molecular weight is 277 g/mol. The van der Waals surface area contributed by atoms with Gasteiger partial charge < -0.3 is 10.1 Å². The summed E-state index contributed by atoms with van der Waals surface area (Å²) in [5, 5.41) is 2.97. The van der Waals surface area contributed by atoms with Crippen LogP contribution in [0.25, 0.3) is 0 Å². The largest absolute Gasteiger partial charge is 0.491 e. The molecule has 0 aliphatic heterocycles. The predicted molar refractivity (Wildman–Crippen MR) is 83.0 cm³/mol. The van der Waals surface area contributed by atoms with Crippen LogP contribution in [-0.2, 0) is 11.2 Å². The van der Waals surface area contributed by atoms with Crippen molar-refractivity contribution in [1.29, 1.82) is 0 Å². The van der Waals surface area contributed by atoms with E-state index >= 15 is 0 Å². The Morgan fingerprint density at radius 2 is 2.00 bits per heavy atom. The minimum absolute atomic E-state index is 0.106. The molecule has 1 rings (SSSR count). The SMILES string of the molecule is CC(C)Oc1cccc(CCCNC(=O)C(C)(C)C)c1. The van der Waals surface area contributed by atoms with E-state index in [9.17, 15) is 4.79 Å². The summed E-state index contributed by atoms with van der Waals surface area (Å²) < 4.78 is 5.67. The highest BCUT2D eigenvalue weighted by molar-refractivity contribution is 5.81. The molecule has 0 unspecified atom stereocenters. The second-order valence-corrected chi connectivity index (χ2v) is 6.42. The smallest absolute Gasteiger partial charge is 0.225 e. The molecule has 0 aliphatic rings. The molecule has 1 aromatic rings. The van der Waals surface area contributed by atoms with Gasteiger partial charge in [-0.3, -0.25) is 4.79 Å². The molecule has 0 heterocycles. The number of benzene rings is 1. The van der Waals surface area contributed by atoms with Gasteiger partial charge in [-0.25, -0.2) is 0 Å². The first-order valence-corrected chi connectivity index (χ1v) is 7.33. The molecule has 20 heavy (non-hydrogen) atoms. The van der Waals surface area contributed by atoms with Crippen molar-refractivity contribution < 1.29 is 9.53 Å². The molecule has 0 spiro atoms. The van der Waals surface area contributed by atoms with Crippen molar-refractivity contribution in [2.45, 2.75) is 53.6 Å². The van der Waals surface area contributed by atoms with E-state index in [1.54, 1.807) is 0 Å². The zero-order valence-corrected chi connectivity index (χ0v) is 13.3. The fraction of sp³-hybridized carbons (Fsp3) is 0.588. The minimum Gasteiger partial charge on any atom is -0.491 e. The molecule has 0 radical (unpaired) electrons. The number of carbonyl (C=O) groups is 1. The maximum absolute atomic E-state index is 11.7. The van der Waals surface area contributed by atoms with Crippen LogP contribution in [0.1, 0.15) is 46.6 Å². The predicted octanol–water partition coefficient (Wildman–Crippen LogP) is 3.57. The van der Waals surface area contributed by atoms with Crippen LogP contribution in [0.5, 0.6) is 5.75 Å². The first-order chi connectivity index (χ1) is 9.29. The molecule has 0 saturated carbocycles. The zero-order chi connectivity index (χ0) is 15.2. The van der Waals surface area contributed by atoms with E-state index in [0.29, 0.717) is 6.54 Å². The number of nitrogens with one attached hydrogen (secondary N) is 1. The molecule has 112 valence electrons. The first kappa shape index (κ1) is 16.5. The van der Waals surface area contributed by atoms with Gasteiger partial charge in [0.05, 0.1) is 6.10 Å². The summed E-state index contributed by atoms with van der Waals surface area (Å²) in [7, 11) is 0. The Labute approximate surface area is 122 Å². The Balaban J connectivity index is 2.37. The summed E-state index contributed by atoms with van der Waals surface area (Å²) in [6.07, 6.45) is 2.07. The monoisotopic (exact) mass is 277 g/mol. The van der Waals surface area contributed by atoms with E-state index in [-0.39, 0.29) is 17.4 Å². The van der Waals surface area contributed by atoms with E-state index in [4.69, 9.17) is 4.74 Å². The number of carbonyl (C=O) groups excluding carboxylic acids is 1. The van der Waals surface area contributed by atoms with Crippen molar-refractivity contribution >= 4 is 5.91 Å². The highest BCUT2D eigenvalue weighted by Gasteiger charge is 2.20. The van der Waals surface area contributed by atoms with E-state index in [1.807, 2.05) is 46.8 Å². The van der Waals surface area contributed by atoms with Gasteiger partial charge in [-0.2, -0.15) is 0 Å². The normalized spacial score (nSPS) is 11.5. The lowest BCUT2D eigenvalue weighted by molar-refractivity contribution is -0.128. The Hall–Kier alpha value is -1.51. The Bertz CT molecular complexity index is 433. The van der Waals surface area contributed by atoms with Gasteiger partial charge in [0.1, 0.15) is 5.75 Å². The molecule has 0 atom stereocenters. The lowest BCUT2D eigenvalue weighted by atomic mass is 9.95. The van der Waals surface area contributed by atoms with Gasteiger partial charge in [-0.1, -0.05) is 32.9 Å². The summed E-state index contributed by atoms with van der Waals surface area (Å²) in [5.41, 5.74) is 0.929. The fourth-order valence-electron chi connectivity index (χ4n) is 1.81. The molecule has 0 fully saturated rings. The third-order valence-corrected chi connectivity index (χ3v) is 2.88. The molecule has 1 aromatic carbocycles. The van der Waals surface area contributed by atoms with Crippen molar-refractivity contribution in [3.8, 4) is 5.75 Å². The summed E-state index contributed by atoms with van der Waals surface area (Å²) in [4.78, 5) is 11.7. The molecule has 0 aromatic heterocycles. The van der Waals surface area contributed by atoms with Crippen LogP contribution in [0.2, 0.25) is 0 Å². The number of aryl methyl sites for hydroxylation is 1. The average Bonchev–Trinajstić information content (AvgIpc) is 2.32. The van der Waals surface area contributed by atoms with Gasteiger partial charge in [0, 0.05) is 12.0 Å². The van der Waals surface area contributed by atoms with Gasteiger partial charge in [-0.15, -0.1) is 0 Å². The highest BCUT2D eigenvalue weighted by atomic mass is 16.5. The van der Waals surface area contributed by atoms with E-state index in [2.05, 4.69) is 17.4 Å². The van der Waals surface area contributed by atoms with Crippen molar-refractivity contribution in [2.24, 2.45) is 5.41 Å². The van der Waals surface area contributed by atoms with Crippen LogP contribution in [-0.4, -0.2) is 18.6 Å². The molecular formula is C17H27NO2. The Morgan fingerprint density at radius 3 is 2.60 bits per heavy atom. The minimum atomic E-state index is -0.314. The van der Waals surface area contributed by atoms with Crippen LogP contribution in [0.3, 0.4) is 0 Å². The number of ether oxygens (including phenoxy) is 1. The third kappa shape index (κ3) is 6.09. The molecule has 0 aliphatic carbocycles. The van der Waals surface area contributed by atoms with Crippen molar-refractivity contribution in [3.63, 3.8) is 0 Å². The number of hydrogen-bond acceptors (Lipinski definition) is 2. The Kier molecular flexibility index (Phi) is 6.05. The maximum Gasteiger partial charge on any atom is 0.225 e. The summed E-state index contributed by atoms with van der Waals surface area (Å²) in [5.74, 6) is 1.02. The van der Waals surface area contributed by atoms with Crippen LogP contribution >= 0.6 is 0 Å². The van der Waals surface area contributed by atoms with Crippen molar-refractivity contribution in [2.75, 3.05) is 6.54 Å². The third-order valence-electron chi connectivity index (χ3n) is 2.88. The van der Waals surface area contributed by atoms with E-state index in [0.717, 1.165) is 18.6 Å². The van der Waals surface area contributed by atoms with Gasteiger partial charge >= 0.3 is 0 Å². The topological polar surface area (TPSA) is 38.3 Å². The second-order valence-electron chi connectivity index (χ2n) is 6.42. The molecule has 3 nitrogen and oxygen atoms in total. The van der Waals surface area contributed by atoms with Gasteiger partial charge in [0.25, 0.3) is 0 Å². The molecule has 1 amide bonds. The fourth-order valence-corrected chi connectivity index (χ4v) is 1.81. The van der Waals surface area contributed by atoms with Crippen LogP contribution in [0.15, 0.2) is 24.3 Å². The van der Waals surface area contributed by atoms with Gasteiger partial charge in [-0.05, 0) is 44.4 Å².